The molecule has 0 spiro atoms. The predicted octanol–water partition coefficient (Wildman–Crippen LogP) is 1.78. The fraction of sp³-hybridized carbons (Fsp3) is 0.346. The maximum Gasteiger partial charge on any atom is 0.251 e. The van der Waals surface area contributed by atoms with Gasteiger partial charge in [-0.1, -0.05) is 0 Å². The molecule has 1 fully saturated rings. The molecule has 1 unspecified atom stereocenters. The second-order valence-electron chi connectivity index (χ2n) is 9.26. The number of aromatic amines is 1. The molecule has 5 heterocycles. The lowest BCUT2D eigenvalue weighted by Crippen LogP contribution is -2.41. The molecule has 11 nitrogen and oxygen atoms in total. The van der Waals surface area contributed by atoms with E-state index in [1.807, 2.05) is 24.3 Å². The van der Waals surface area contributed by atoms with Crippen molar-refractivity contribution in [3.63, 3.8) is 0 Å². The van der Waals surface area contributed by atoms with E-state index in [0.717, 1.165) is 61.1 Å². The van der Waals surface area contributed by atoms with Crippen LogP contribution in [0.25, 0.3) is 22.4 Å². The summed E-state index contributed by atoms with van der Waals surface area (Å²) in [6.07, 6.45) is 4.06. The Balaban J connectivity index is 1.14. The number of pyridine rings is 1. The quantitative estimate of drug-likeness (QED) is 0.361. The van der Waals surface area contributed by atoms with E-state index in [0.29, 0.717) is 36.5 Å². The number of carbonyl (C=O) groups is 1. The molecule has 1 amide bonds. The average Bonchev–Trinajstić information content (AvgIpc) is 3.36. The fourth-order valence-electron chi connectivity index (χ4n) is 4.75. The first-order valence-corrected chi connectivity index (χ1v) is 12.4. The van der Waals surface area contributed by atoms with E-state index in [1.54, 1.807) is 18.5 Å². The van der Waals surface area contributed by atoms with Crippen molar-refractivity contribution in [2.75, 3.05) is 51.7 Å². The Morgan fingerprint density at radius 1 is 1.16 bits per heavy atom. The number of morpholine rings is 1. The van der Waals surface area contributed by atoms with Crippen LogP contribution in [0.2, 0.25) is 0 Å². The number of nitrogens with one attached hydrogen (secondary N) is 2. The molecule has 11 heteroatoms. The maximum absolute atomic E-state index is 12.8. The first-order valence-electron chi connectivity index (χ1n) is 12.4. The monoisotopic (exact) mass is 500 g/mol. The number of carbonyl (C=O) groups excluding carboxylic acids is 1. The topological polar surface area (TPSA) is 144 Å². The van der Waals surface area contributed by atoms with E-state index >= 15 is 0 Å². The lowest BCUT2D eigenvalue weighted by Gasteiger charge is -2.26. The first-order chi connectivity index (χ1) is 18.1. The largest absolute Gasteiger partial charge is 0.493 e. The zero-order valence-corrected chi connectivity index (χ0v) is 20.3. The Morgan fingerprint density at radius 2 is 2.05 bits per heavy atom. The summed E-state index contributed by atoms with van der Waals surface area (Å²) < 4.78 is 11.4. The molecular weight excluding hydrogens is 472 g/mol. The molecule has 1 aromatic carbocycles. The summed E-state index contributed by atoms with van der Waals surface area (Å²) in [6.45, 7) is 5.22. The van der Waals surface area contributed by atoms with Gasteiger partial charge in [0.05, 0.1) is 36.9 Å². The molecule has 0 bridgehead atoms. The molecule has 1 atom stereocenters. The van der Waals surface area contributed by atoms with Crippen molar-refractivity contribution in [3.05, 3.63) is 59.7 Å². The third-order valence-electron chi connectivity index (χ3n) is 6.76. The number of nitrogens with zero attached hydrogens (tertiary/aromatic N) is 5. The molecule has 37 heavy (non-hydrogen) atoms. The minimum absolute atomic E-state index is 0.0134. The van der Waals surface area contributed by atoms with Crippen LogP contribution in [0.15, 0.2) is 42.7 Å². The molecule has 3 aromatic heterocycles. The van der Waals surface area contributed by atoms with E-state index in [1.165, 1.54) is 0 Å². The lowest BCUT2D eigenvalue weighted by atomic mass is 9.94. The summed E-state index contributed by atoms with van der Waals surface area (Å²) in [7, 11) is 0. The van der Waals surface area contributed by atoms with Crippen LogP contribution in [0.3, 0.4) is 0 Å². The van der Waals surface area contributed by atoms with Gasteiger partial charge in [-0.3, -0.25) is 9.69 Å². The number of imidazole rings is 1. The number of aromatic nitrogens is 5. The van der Waals surface area contributed by atoms with Crippen LogP contribution in [0.1, 0.15) is 27.7 Å². The number of hydrogen-bond acceptors (Lipinski definition) is 9. The number of anilines is 1. The molecule has 1 saturated heterocycles. The van der Waals surface area contributed by atoms with E-state index in [4.69, 9.17) is 20.2 Å². The number of fused-ring (bicyclic) bond motifs is 2. The summed E-state index contributed by atoms with van der Waals surface area (Å²) in [5.74, 6) is 1.75. The van der Waals surface area contributed by atoms with Gasteiger partial charge in [0.1, 0.15) is 11.6 Å². The van der Waals surface area contributed by atoms with Gasteiger partial charge in [0.25, 0.3) is 5.91 Å². The van der Waals surface area contributed by atoms with Crippen molar-refractivity contribution in [1.82, 2.24) is 35.1 Å². The van der Waals surface area contributed by atoms with Gasteiger partial charge in [-0.25, -0.2) is 19.9 Å². The molecular formula is C26H28N8O3. The van der Waals surface area contributed by atoms with Crippen LogP contribution < -0.4 is 15.8 Å². The second kappa shape index (κ2) is 10.1. The fourth-order valence-corrected chi connectivity index (χ4v) is 4.75. The third-order valence-corrected chi connectivity index (χ3v) is 6.76. The summed E-state index contributed by atoms with van der Waals surface area (Å²) in [4.78, 5) is 35.9. The highest BCUT2D eigenvalue weighted by molar-refractivity contribution is 5.94. The van der Waals surface area contributed by atoms with E-state index in [9.17, 15) is 4.79 Å². The number of amides is 1. The van der Waals surface area contributed by atoms with Crippen molar-refractivity contribution in [2.45, 2.75) is 12.3 Å². The minimum Gasteiger partial charge on any atom is -0.493 e. The van der Waals surface area contributed by atoms with Crippen LogP contribution in [-0.2, 0) is 11.2 Å². The van der Waals surface area contributed by atoms with Crippen LogP contribution in [-0.4, -0.2) is 81.7 Å². The standard InChI is InChI=1S/C26H28N8O3/c27-26-29-4-3-20(32-26)18-13-21-24(30-14-18)33-23(31-21)19-12-17-11-16(1-2-22(17)37-15-19)25(35)28-5-6-34-7-9-36-10-8-34/h1-4,11,13-14,19H,5-10,12,15H2,(H,28,35)(H2,27,29,32)(H,30,31,33). The van der Waals surface area contributed by atoms with Crippen molar-refractivity contribution in [1.29, 1.82) is 0 Å². The van der Waals surface area contributed by atoms with Crippen molar-refractivity contribution in [2.24, 2.45) is 0 Å². The van der Waals surface area contributed by atoms with E-state index < -0.39 is 0 Å². The number of benzene rings is 1. The first kappa shape index (κ1) is 23.3. The molecule has 4 aromatic rings. The van der Waals surface area contributed by atoms with Crippen molar-refractivity contribution in [3.8, 4) is 17.0 Å². The Bertz CT molecular complexity index is 1430. The summed E-state index contributed by atoms with van der Waals surface area (Å²) in [5, 5.41) is 3.03. The van der Waals surface area contributed by atoms with Gasteiger partial charge in [0, 0.05) is 49.7 Å². The SMILES string of the molecule is Nc1nccc(-c2cnc3nc(C4COc5ccc(C(=O)NCCN6CCOCC6)cc5C4)[nH]c3c2)n1. The highest BCUT2D eigenvalue weighted by atomic mass is 16.5. The molecule has 0 aliphatic carbocycles. The highest BCUT2D eigenvalue weighted by Gasteiger charge is 2.25. The van der Waals surface area contributed by atoms with E-state index in [2.05, 4.69) is 30.2 Å². The molecule has 4 N–H and O–H groups in total. The van der Waals surface area contributed by atoms with Gasteiger partial charge in [0.2, 0.25) is 5.95 Å². The second-order valence-corrected chi connectivity index (χ2v) is 9.26. The van der Waals surface area contributed by atoms with Gasteiger partial charge >= 0.3 is 0 Å². The molecule has 0 radical (unpaired) electrons. The van der Waals surface area contributed by atoms with Crippen LogP contribution in [0.5, 0.6) is 5.75 Å². The van der Waals surface area contributed by atoms with E-state index in [-0.39, 0.29) is 17.8 Å². The maximum atomic E-state index is 12.8. The lowest BCUT2D eigenvalue weighted by molar-refractivity contribution is 0.0383. The number of nitrogens with two attached hydrogens (primary N) is 1. The minimum atomic E-state index is -0.0796. The Labute approximate surface area is 213 Å². The average molecular weight is 501 g/mol. The normalized spacial score (nSPS) is 17.8. The Kier molecular flexibility index (Phi) is 6.37. The number of nitrogen functional groups attached to an aromatic ring is 1. The number of hydrogen-bond donors (Lipinski definition) is 3. The Morgan fingerprint density at radius 3 is 2.92 bits per heavy atom. The number of rotatable bonds is 6. The van der Waals surface area contributed by atoms with Gasteiger partial charge in [-0.15, -0.1) is 0 Å². The predicted molar refractivity (Wildman–Crippen MR) is 137 cm³/mol. The summed E-state index contributed by atoms with van der Waals surface area (Å²) in [6, 6.07) is 9.36. The Hall–Kier alpha value is -4.09. The highest BCUT2D eigenvalue weighted by Crippen LogP contribution is 2.33. The smallest absolute Gasteiger partial charge is 0.251 e. The number of H-pyrrole nitrogens is 1. The van der Waals surface area contributed by atoms with Crippen molar-refractivity contribution >= 4 is 23.0 Å². The van der Waals surface area contributed by atoms with Crippen LogP contribution in [0.4, 0.5) is 5.95 Å². The van der Waals surface area contributed by atoms with Gasteiger partial charge in [-0.2, -0.15) is 0 Å². The van der Waals surface area contributed by atoms with Gasteiger partial charge in [0.15, 0.2) is 5.65 Å². The molecule has 190 valence electrons. The summed E-state index contributed by atoms with van der Waals surface area (Å²) in [5.41, 5.74) is 10.3. The van der Waals surface area contributed by atoms with Gasteiger partial charge in [-0.05, 0) is 42.3 Å². The zero-order valence-electron chi connectivity index (χ0n) is 20.3. The van der Waals surface area contributed by atoms with Gasteiger partial charge < -0.3 is 25.5 Å². The molecule has 2 aliphatic heterocycles. The third kappa shape index (κ3) is 5.09. The zero-order chi connectivity index (χ0) is 25.2. The van der Waals surface area contributed by atoms with Crippen molar-refractivity contribution < 1.29 is 14.3 Å². The van der Waals surface area contributed by atoms with Crippen LogP contribution in [0, 0.1) is 0 Å². The summed E-state index contributed by atoms with van der Waals surface area (Å²) >= 11 is 0. The van der Waals surface area contributed by atoms with Crippen LogP contribution >= 0.6 is 0 Å². The molecule has 0 saturated carbocycles. The molecule has 6 rings (SSSR count). The number of ether oxygens (including phenoxy) is 2. The molecule has 2 aliphatic rings.